The summed E-state index contributed by atoms with van der Waals surface area (Å²) in [6.07, 6.45) is 0.742. The van der Waals surface area contributed by atoms with Crippen molar-refractivity contribution in [2.75, 3.05) is 0 Å². The van der Waals surface area contributed by atoms with E-state index in [1.807, 2.05) is 24.3 Å². The van der Waals surface area contributed by atoms with Crippen molar-refractivity contribution in [1.29, 1.82) is 0 Å². The van der Waals surface area contributed by atoms with Crippen LogP contribution in [0.4, 0.5) is 0 Å². The number of carbonyl (C=O) groups is 1. The van der Waals surface area contributed by atoms with Crippen LogP contribution in [0.1, 0.15) is 21.7 Å². The number of hydrogen-bond donors (Lipinski definition) is 2. The molecule has 1 aliphatic rings. The fourth-order valence-corrected chi connectivity index (χ4v) is 2.06. The van der Waals surface area contributed by atoms with Gasteiger partial charge in [-0.2, -0.15) is 5.10 Å². The molecule has 2 N–H and O–H groups in total. The fraction of sp³-hybridized carbons (Fsp3) is 0.0909. The van der Waals surface area contributed by atoms with Crippen LogP contribution in [-0.2, 0) is 6.42 Å². The summed E-state index contributed by atoms with van der Waals surface area (Å²) in [4.78, 5) is 10.9. The van der Waals surface area contributed by atoms with Crippen LogP contribution in [0, 0.1) is 0 Å². The smallest absolute Gasteiger partial charge is 0.357 e. The molecule has 0 aliphatic heterocycles. The Balaban J connectivity index is 2.29. The number of carboxylic acids is 1. The quantitative estimate of drug-likeness (QED) is 0.628. The second-order valence-electron chi connectivity index (χ2n) is 3.56. The van der Waals surface area contributed by atoms with E-state index in [-0.39, 0.29) is 5.69 Å². The molecule has 1 heterocycles. The van der Waals surface area contributed by atoms with E-state index >= 15 is 0 Å². The molecule has 3 rings (SSSR count). The van der Waals surface area contributed by atoms with Crippen LogP contribution in [0.2, 0.25) is 0 Å². The van der Waals surface area contributed by atoms with Gasteiger partial charge in [0.2, 0.25) is 0 Å². The largest absolute Gasteiger partial charge is 0.476 e. The van der Waals surface area contributed by atoms with Crippen LogP contribution in [-0.4, -0.2) is 21.3 Å². The standard InChI is InChI=1S/C11H8N2O2/c14-11(15)10-9-7-4-2-1-3-6(7)5-8(9)12-13-10/h1-4H,5H2,(H,12,13)(H,14,15). The molecule has 0 radical (unpaired) electrons. The number of fused-ring (bicyclic) bond motifs is 3. The Bertz CT molecular complexity index is 557. The Morgan fingerprint density at radius 2 is 2.20 bits per heavy atom. The summed E-state index contributed by atoms with van der Waals surface area (Å²) in [5, 5.41) is 15.6. The second kappa shape index (κ2) is 2.70. The van der Waals surface area contributed by atoms with E-state index in [0.29, 0.717) is 0 Å². The lowest BCUT2D eigenvalue weighted by Gasteiger charge is -1.98. The number of H-pyrrole nitrogens is 1. The van der Waals surface area contributed by atoms with Gasteiger partial charge in [0.25, 0.3) is 0 Å². The molecule has 15 heavy (non-hydrogen) atoms. The molecule has 1 aliphatic carbocycles. The molecule has 74 valence electrons. The maximum Gasteiger partial charge on any atom is 0.357 e. The third-order valence-corrected chi connectivity index (χ3v) is 2.70. The zero-order valence-electron chi connectivity index (χ0n) is 7.82. The molecule has 1 aromatic heterocycles. The van der Waals surface area contributed by atoms with Gasteiger partial charge in [-0.15, -0.1) is 0 Å². The van der Waals surface area contributed by atoms with Gasteiger partial charge in [0, 0.05) is 17.7 Å². The van der Waals surface area contributed by atoms with Crippen molar-refractivity contribution in [2.45, 2.75) is 6.42 Å². The molecular formula is C11H8N2O2. The van der Waals surface area contributed by atoms with Crippen molar-refractivity contribution >= 4 is 5.97 Å². The number of hydrogen-bond acceptors (Lipinski definition) is 2. The van der Waals surface area contributed by atoms with E-state index in [1.165, 1.54) is 0 Å². The topological polar surface area (TPSA) is 66.0 Å². The molecule has 0 atom stereocenters. The number of aromatic carboxylic acids is 1. The van der Waals surface area contributed by atoms with E-state index < -0.39 is 5.97 Å². The van der Waals surface area contributed by atoms with Gasteiger partial charge in [-0.1, -0.05) is 24.3 Å². The summed E-state index contributed by atoms with van der Waals surface area (Å²) < 4.78 is 0. The van der Waals surface area contributed by atoms with Gasteiger partial charge in [-0.3, -0.25) is 5.10 Å². The average Bonchev–Trinajstić information content (AvgIpc) is 2.74. The molecule has 0 spiro atoms. The number of nitrogens with one attached hydrogen (secondary N) is 1. The van der Waals surface area contributed by atoms with Crippen molar-refractivity contribution in [3.8, 4) is 11.1 Å². The number of aromatic amines is 1. The third-order valence-electron chi connectivity index (χ3n) is 2.70. The predicted molar refractivity (Wildman–Crippen MR) is 53.8 cm³/mol. The van der Waals surface area contributed by atoms with Gasteiger partial charge in [-0.25, -0.2) is 4.79 Å². The van der Waals surface area contributed by atoms with Crippen LogP contribution in [0.3, 0.4) is 0 Å². The van der Waals surface area contributed by atoms with Crippen LogP contribution in [0.25, 0.3) is 11.1 Å². The van der Waals surface area contributed by atoms with Gasteiger partial charge in [0.1, 0.15) is 0 Å². The first kappa shape index (κ1) is 8.23. The van der Waals surface area contributed by atoms with Crippen molar-refractivity contribution < 1.29 is 9.90 Å². The molecule has 0 saturated carbocycles. The molecule has 0 bridgehead atoms. The highest BCUT2D eigenvalue weighted by Gasteiger charge is 2.26. The highest BCUT2D eigenvalue weighted by atomic mass is 16.4. The molecule has 0 unspecified atom stereocenters. The Hall–Kier alpha value is -2.10. The van der Waals surface area contributed by atoms with Crippen molar-refractivity contribution in [1.82, 2.24) is 10.2 Å². The summed E-state index contributed by atoms with van der Waals surface area (Å²) in [7, 11) is 0. The fourth-order valence-electron chi connectivity index (χ4n) is 2.06. The monoisotopic (exact) mass is 200 g/mol. The van der Waals surface area contributed by atoms with Crippen LogP contribution in [0.15, 0.2) is 24.3 Å². The van der Waals surface area contributed by atoms with E-state index in [9.17, 15) is 4.79 Å². The minimum absolute atomic E-state index is 0.120. The van der Waals surface area contributed by atoms with E-state index in [4.69, 9.17) is 5.11 Å². The molecule has 4 nitrogen and oxygen atoms in total. The summed E-state index contributed by atoms with van der Waals surface area (Å²) in [6, 6.07) is 7.81. The van der Waals surface area contributed by atoms with Crippen molar-refractivity contribution in [3.63, 3.8) is 0 Å². The predicted octanol–water partition coefficient (Wildman–Crippen LogP) is 1.68. The Morgan fingerprint density at radius 1 is 1.40 bits per heavy atom. The van der Waals surface area contributed by atoms with E-state index in [1.54, 1.807) is 0 Å². The second-order valence-corrected chi connectivity index (χ2v) is 3.56. The van der Waals surface area contributed by atoms with E-state index in [0.717, 1.165) is 28.8 Å². The Morgan fingerprint density at radius 3 is 3.00 bits per heavy atom. The van der Waals surface area contributed by atoms with E-state index in [2.05, 4.69) is 10.2 Å². The highest BCUT2D eigenvalue weighted by Crippen LogP contribution is 2.37. The number of aromatic nitrogens is 2. The molecule has 4 heteroatoms. The number of nitrogens with zero attached hydrogens (tertiary/aromatic N) is 1. The zero-order chi connectivity index (χ0) is 10.4. The first-order valence-corrected chi connectivity index (χ1v) is 4.66. The summed E-state index contributed by atoms with van der Waals surface area (Å²) in [5.41, 5.74) is 3.91. The van der Waals surface area contributed by atoms with Crippen molar-refractivity contribution in [2.24, 2.45) is 0 Å². The molecule has 0 fully saturated rings. The van der Waals surface area contributed by atoms with Crippen LogP contribution < -0.4 is 0 Å². The first-order valence-electron chi connectivity index (χ1n) is 4.66. The maximum atomic E-state index is 10.9. The third kappa shape index (κ3) is 1.01. The minimum Gasteiger partial charge on any atom is -0.476 e. The van der Waals surface area contributed by atoms with Gasteiger partial charge < -0.3 is 5.11 Å². The van der Waals surface area contributed by atoms with Gasteiger partial charge in [0.05, 0.1) is 0 Å². The summed E-state index contributed by atoms with van der Waals surface area (Å²) in [6.45, 7) is 0. The Labute approximate surface area is 85.6 Å². The molecular weight excluding hydrogens is 192 g/mol. The Kier molecular flexibility index (Phi) is 1.48. The van der Waals surface area contributed by atoms with Gasteiger partial charge >= 0.3 is 5.97 Å². The first-order chi connectivity index (χ1) is 7.27. The van der Waals surface area contributed by atoms with Gasteiger partial charge in [-0.05, 0) is 11.1 Å². The van der Waals surface area contributed by atoms with Crippen molar-refractivity contribution in [3.05, 3.63) is 41.2 Å². The minimum atomic E-state index is -0.982. The summed E-state index contributed by atoms with van der Waals surface area (Å²) in [5.74, 6) is -0.982. The average molecular weight is 200 g/mol. The number of benzene rings is 1. The van der Waals surface area contributed by atoms with Gasteiger partial charge in [0.15, 0.2) is 5.69 Å². The lowest BCUT2D eigenvalue weighted by atomic mass is 10.1. The molecule has 2 aromatic rings. The lowest BCUT2D eigenvalue weighted by Crippen LogP contribution is -1.98. The lowest BCUT2D eigenvalue weighted by molar-refractivity contribution is 0.0691. The van der Waals surface area contributed by atoms with Crippen LogP contribution in [0.5, 0.6) is 0 Å². The normalized spacial score (nSPS) is 12.3. The maximum absolute atomic E-state index is 10.9. The number of rotatable bonds is 1. The molecule has 0 amide bonds. The molecule has 0 saturated heterocycles. The highest BCUT2D eigenvalue weighted by molar-refractivity contribution is 5.96. The van der Waals surface area contributed by atoms with Crippen LogP contribution >= 0.6 is 0 Å². The molecule has 1 aromatic carbocycles. The SMILES string of the molecule is O=C(O)c1n[nH]c2c1-c1ccccc1C2. The summed E-state index contributed by atoms with van der Waals surface area (Å²) >= 11 is 0. The zero-order valence-corrected chi connectivity index (χ0v) is 7.82. The number of carboxylic acid groups (broad SMARTS) is 1.